The van der Waals surface area contributed by atoms with Crippen LogP contribution in [-0.4, -0.2) is 29.1 Å². The van der Waals surface area contributed by atoms with E-state index in [4.69, 9.17) is 5.73 Å². The molecule has 3 heteroatoms. The van der Waals surface area contributed by atoms with Gasteiger partial charge in [-0.3, -0.25) is 0 Å². The predicted octanol–water partition coefficient (Wildman–Crippen LogP) is 1.35. The Labute approximate surface area is 85.0 Å². The van der Waals surface area contributed by atoms with Crippen LogP contribution in [0.2, 0.25) is 0 Å². The van der Waals surface area contributed by atoms with Crippen LogP contribution >= 0.6 is 11.8 Å². The van der Waals surface area contributed by atoms with Gasteiger partial charge in [-0.05, 0) is 32.6 Å². The Balaban J connectivity index is 1.81. The quantitative estimate of drug-likeness (QED) is 0.722. The Hall–Kier alpha value is 0.270. The van der Waals surface area contributed by atoms with Crippen molar-refractivity contribution >= 4 is 11.8 Å². The van der Waals surface area contributed by atoms with Gasteiger partial charge in [0.25, 0.3) is 0 Å². The third-order valence-corrected chi connectivity index (χ3v) is 4.79. The molecular weight excluding hydrogens is 180 g/mol. The van der Waals surface area contributed by atoms with Crippen LogP contribution in [0.25, 0.3) is 0 Å². The zero-order valence-corrected chi connectivity index (χ0v) is 9.15. The summed E-state index contributed by atoms with van der Waals surface area (Å²) in [5.41, 5.74) is 5.61. The average Bonchev–Trinajstić information content (AvgIpc) is 2.46. The first kappa shape index (κ1) is 9.81. The zero-order chi connectivity index (χ0) is 9.26. The average molecular weight is 200 g/mol. The predicted molar refractivity (Wildman–Crippen MR) is 59.1 cm³/mol. The molecule has 2 fully saturated rings. The fourth-order valence-corrected chi connectivity index (χ4v) is 4.24. The van der Waals surface area contributed by atoms with Crippen LogP contribution in [0.5, 0.6) is 0 Å². The minimum absolute atomic E-state index is 0.493. The molecule has 3 atom stereocenters. The second-order valence-electron chi connectivity index (χ2n) is 4.43. The lowest BCUT2D eigenvalue weighted by Gasteiger charge is -2.30. The molecule has 2 saturated heterocycles. The Morgan fingerprint density at radius 2 is 2.00 bits per heavy atom. The van der Waals surface area contributed by atoms with Crippen molar-refractivity contribution in [3.05, 3.63) is 0 Å². The molecule has 2 aliphatic heterocycles. The Bertz CT molecular complexity index is 162. The van der Waals surface area contributed by atoms with Crippen molar-refractivity contribution in [2.24, 2.45) is 5.73 Å². The van der Waals surface area contributed by atoms with Crippen molar-refractivity contribution in [3.63, 3.8) is 0 Å². The molecule has 0 amide bonds. The molecule has 2 bridgehead atoms. The minimum atomic E-state index is 0.493. The van der Waals surface area contributed by atoms with E-state index in [2.05, 4.69) is 24.0 Å². The van der Waals surface area contributed by atoms with E-state index in [0.717, 1.165) is 23.1 Å². The Kier molecular flexibility index (Phi) is 3.17. The van der Waals surface area contributed by atoms with Gasteiger partial charge in [0.05, 0.1) is 0 Å². The van der Waals surface area contributed by atoms with E-state index >= 15 is 0 Å². The van der Waals surface area contributed by atoms with Gasteiger partial charge in [-0.25, -0.2) is 0 Å². The third kappa shape index (κ3) is 2.39. The lowest BCUT2D eigenvalue weighted by Crippen LogP contribution is -2.44. The topological polar surface area (TPSA) is 38.0 Å². The molecule has 0 aliphatic carbocycles. The first-order chi connectivity index (χ1) is 6.28. The molecule has 76 valence electrons. The molecule has 0 radical (unpaired) electrons. The third-order valence-electron chi connectivity index (χ3n) is 3.16. The maximum Gasteiger partial charge on any atom is 0.0164 e. The molecule has 0 aromatic heterocycles. The van der Waals surface area contributed by atoms with Gasteiger partial charge in [-0.15, -0.1) is 0 Å². The first-order valence-corrected chi connectivity index (χ1v) is 6.33. The van der Waals surface area contributed by atoms with E-state index < -0.39 is 0 Å². The summed E-state index contributed by atoms with van der Waals surface area (Å²) in [6.45, 7) is 2.95. The van der Waals surface area contributed by atoms with Crippen LogP contribution in [-0.2, 0) is 0 Å². The molecule has 0 aromatic rings. The molecule has 0 saturated carbocycles. The standard InChI is InChI=1S/C10H20N2S/c1-7(6-11)12-8-4-9-2-3-10(5-8)13-9/h7-10,12H,2-6,11H2,1H3. The van der Waals surface area contributed by atoms with E-state index in [1.807, 2.05) is 0 Å². The zero-order valence-electron chi connectivity index (χ0n) is 8.33. The molecule has 2 aliphatic rings. The summed E-state index contributed by atoms with van der Waals surface area (Å²) in [7, 11) is 0. The summed E-state index contributed by atoms with van der Waals surface area (Å²) in [5.74, 6) is 0. The molecule has 2 heterocycles. The summed E-state index contributed by atoms with van der Waals surface area (Å²) >= 11 is 2.22. The molecule has 0 spiro atoms. The second-order valence-corrected chi connectivity index (χ2v) is 6.03. The number of nitrogens with two attached hydrogens (primary N) is 1. The van der Waals surface area contributed by atoms with Crippen LogP contribution < -0.4 is 11.1 Å². The number of hydrogen-bond acceptors (Lipinski definition) is 3. The summed E-state index contributed by atoms with van der Waals surface area (Å²) in [5, 5.41) is 5.52. The lowest BCUT2D eigenvalue weighted by atomic mass is 10.1. The monoisotopic (exact) mass is 200 g/mol. The molecular formula is C10H20N2S. The van der Waals surface area contributed by atoms with Gasteiger partial charge in [-0.1, -0.05) is 0 Å². The lowest BCUT2D eigenvalue weighted by molar-refractivity contribution is 0.408. The maximum atomic E-state index is 5.61. The normalized spacial score (nSPS) is 40.6. The van der Waals surface area contributed by atoms with Gasteiger partial charge >= 0.3 is 0 Å². The summed E-state index contributed by atoms with van der Waals surface area (Å²) in [4.78, 5) is 0. The van der Waals surface area contributed by atoms with Gasteiger partial charge in [0.1, 0.15) is 0 Å². The number of rotatable bonds is 3. The van der Waals surface area contributed by atoms with Crippen molar-refractivity contribution in [3.8, 4) is 0 Å². The Morgan fingerprint density at radius 3 is 2.54 bits per heavy atom. The van der Waals surface area contributed by atoms with Crippen LogP contribution in [0.15, 0.2) is 0 Å². The van der Waals surface area contributed by atoms with E-state index in [0.29, 0.717) is 6.04 Å². The second kappa shape index (κ2) is 4.20. The number of hydrogen-bond donors (Lipinski definition) is 2. The number of nitrogens with one attached hydrogen (secondary N) is 1. The van der Waals surface area contributed by atoms with Crippen LogP contribution in [0, 0.1) is 0 Å². The fourth-order valence-electron chi connectivity index (χ4n) is 2.46. The van der Waals surface area contributed by atoms with Crippen molar-refractivity contribution in [2.45, 2.75) is 55.2 Å². The van der Waals surface area contributed by atoms with Gasteiger partial charge in [-0.2, -0.15) is 11.8 Å². The van der Waals surface area contributed by atoms with Crippen LogP contribution in [0.1, 0.15) is 32.6 Å². The number of fused-ring (bicyclic) bond motifs is 2. The summed E-state index contributed by atoms with van der Waals surface area (Å²) < 4.78 is 0. The van der Waals surface area contributed by atoms with E-state index in [1.165, 1.54) is 25.7 Å². The minimum Gasteiger partial charge on any atom is -0.329 e. The van der Waals surface area contributed by atoms with Gasteiger partial charge in [0.2, 0.25) is 0 Å². The van der Waals surface area contributed by atoms with Crippen molar-refractivity contribution in [2.75, 3.05) is 6.54 Å². The van der Waals surface area contributed by atoms with Gasteiger partial charge in [0, 0.05) is 29.1 Å². The van der Waals surface area contributed by atoms with Crippen molar-refractivity contribution in [1.29, 1.82) is 0 Å². The smallest absolute Gasteiger partial charge is 0.0164 e. The van der Waals surface area contributed by atoms with Crippen LogP contribution in [0.4, 0.5) is 0 Å². The van der Waals surface area contributed by atoms with Crippen molar-refractivity contribution < 1.29 is 0 Å². The highest BCUT2D eigenvalue weighted by Gasteiger charge is 2.34. The molecule has 2 rings (SSSR count). The molecule has 3 N–H and O–H groups in total. The van der Waals surface area contributed by atoms with E-state index in [1.54, 1.807) is 0 Å². The van der Waals surface area contributed by atoms with Gasteiger partial charge in [0.15, 0.2) is 0 Å². The summed E-state index contributed by atoms with van der Waals surface area (Å²) in [6.07, 6.45) is 5.63. The van der Waals surface area contributed by atoms with Crippen molar-refractivity contribution in [1.82, 2.24) is 5.32 Å². The largest absolute Gasteiger partial charge is 0.329 e. The number of thioether (sulfide) groups is 1. The molecule has 3 unspecified atom stereocenters. The van der Waals surface area contributed by atoms with Gasteiger partial charge < -0.3 is 11.1 Å². The highest BCUT2D eigenvalue weighted by atomic mass is 32.2. The Morgan fingerprint density at radius 1 is 1.38 bits per heavy atom. The molecule has 2 nitrogen and oxygen atoms in total. The maximum absolute atomic E-state index is 5.61. The van der Waals surface area contributed by atoms with E-state index in [-0.39, 0.29) is 0 Å². The van der Waals surface area contributed by atoms with E-state index in [9.17, 15) is 0 Å². The van der Waals surface area contributed by atoms with Crippen LogP contribution in [0.3, 0.4) is 0 Å². The fraction of sp³-hybridized carbons (Fsp3) is 1.00. The summed E-state index contributed by atoms with van der Waals surface area (Å²) in [6, 6.07) is 1.24. The SMILES string of the molecule is CC(CN)NC1CC2CCC(C1)S2. The molecule has 13 heavy (non-hydrogen) atoms. The highest BCUT2D eigenvalue weighted by molar-refractivity contribution is 8.00. The molecule has 0 aromatic carbocycles. The first-order valence-electron chi connectivity index (χ1n) is 5.39. The highest BCUT2D eigenvalue weighted by Crippen LogP contribution is 2.43.